The van der Waals surface area contributed by atoms with Crippen molar-refractivity contribution < 1.29 is 19.4 Å². The van der Waals surface area contributed by atoms with E-state index in [2.05, 4.69) is 16.6 Å². The van der Waals surface area contributed by atoms with Crippen LogP contribution in [0.25, 0.3) is 0 Å². The summed E-state index contributed by atoms with van der Waals surface area (Å²) in [5.41, 5.74) is 1.69. The van der Waals surface area contributed by atoms with Crippen LogP contribution < -0.4 is 0 Å². The molecule has 1 aliphatic carbocycles. The average Bonchev–Trinajstić information content (AvgIpc) is 3.30. The lowest BCUT2D eigenvalue weighted by Gasteiger charge is -2.09. The lowest BCUT2D eigenvalue weighted by molar-refractivity contribution is -0.140. The van der Waals surface area contributed by atoms with Crippen LogP contribution in [-0.4, -0.2) is 35.1 Å². The molecule has 1 heterocycles. The molecule has 1 N–H and O–H groups in total. The fraction of sp³-hybridized carbons (Fsp3) is 0.500. The van der Waals surface area contributed by atoms with Gasteiger partial charge in [-0.3, -0.25) is 9.59 Å². The molecule has 2 rings (SSSR count). The van der Waals surface area contributed by atoms with Crippen molar-refractivity contribution in [3.63, 3.8) is 0 Å². The molecule has 1 aliphatic rings. The van der Waals surface area contributed by atoms with Crippen LogP contribution >= 0.6 is 11.3 Å². The maximum absolute atomic E-state index is 12.2. The second kappa shape index (κ2) is 11.7. The van der Waals surface area contributed by atoms with E-state index in [9.17, 15) is 14.7 Å². The van der Waals surface area contributed by atoms with Gasteiger partial charge in [0.05, 0.1) is 24.8 Å². The molecule has 1 aromatic rings. The van der Waals surface area contributed by atoms with Crippen molar-refractivity contribution in [2.75, 3.05) is 7.11 Å². The molecule has 0 fully saturated rings. The molecule has 0 spiro atoms. The number of carbonyl (C=O) groups excluding carboxylic acids is 2. The highest BCUT2D eigenvalue weighted by molar-refractivity contribution is 7.09. The third kappa shape index (κ3) is 6.84. The number of aliphatic hydroxyl groups is 1. The molecule has 6 heteroatoms. The number of allylic oxidation sites excluding steroid dienone is 4. The number of methoxy groups -OCH3 is 1. The van der Waals surface area contributed by atoms with Crippen molar-refractivity contribution in [3.05, 3.63) is 52.0 Å². The van der Waals surface area contributed by atoms with Crippen LogP contribution in [0.5, 0.6) is 0 Å². The van der Waals surface area contributed by atoms with Gasteiger partial charge in [-0.05, 0) is 44.6 Å². The first-order chi connectivity index (χ1) is 13.5. The van der Waals surface area contributed by atoms with Gasteiger partial charge in [0.25, 0.3) is 0 Å². The van der Waals surface area contributed by atoms with Crippen molar-refractivity contribution in [1.29, 1.82) is 0 Å². The third-order valence-corrected chi connectivity index (χ3v) is 5.58. The molecule has 2 atom stereocenters. The summed E-state index contributed by atoms with van der Waals surface area (Å²) < 4.78 is 4.64. The van der Waals surface area contributed by atoms with Gasteiger partial charge in [-0.25, -0.2) is 4.98 Å². The number of aromatic nitrogens is 1. The highest BCUT2D eigenvalue weighted by atomic mass is 32.1. The van der Waals surface area contributed by atoms with Crippen LogP contribution in [0.1, 0.15) is 62.1 Å². The molecule has 0 aliphatic heterocycles. The molecule has 152 valence electrons. The van der Waals surface area contributed by atoms with Crippen LogP contribution in [-0.2, 0) is 20.7 Å². The maximum atomic E-state index is 12.2. The molecular weight excluding hydrogens is 374 g/mol. The number of unbranched alkanes of at least 4 members (excludes halogenated alkanes) is 1. The smallest absolute Gasteiger partial charge is 0.305 e. The van der Waals surface area contributed by atoms with Gasteiger partial charge in [0.15, 0.2) is 5.78 Å². The van der Waals surface area contributed by atoms with Gasteiger partial charge < -0.3 is 9.84 Å². The van der Waals surface area contributed by atoms with E-state index in [-0.39, 0.29) is 17.7 Å². The normalized spacial score (nSPS) is 19.0. The Balaban J connectivity index is 1.92. The Hall–Kier alpha value is -2.05. The van der Waals surface area contributed by atoms with Gasteiger partial charge in [-0.15, -0.1) is 11.3 Å². The number of hydrogen-bond donors (Lipinski definition) is 1. The van der Waals surface area contributed by atoms with Crippen molar-refractivity contribution >= 4 is 23.1 Å². The monoisotopic (exact) mass is 403 g/mol. The molecule has 0 radical (unpaired) electrons. The Morgan fingerprint density at radius 1 is 1.36 bits per heavy atom. The summed E-state index contributed by atoms with van der Waals surface area (Å²) in [5, 5.41) is 13.0. The van der Waals surface area contributed by atoms with Gasteiger partial charge in [0.2, 0.25) is 0 Å². The molecule has 0 amide bonds. The summed E-state index contributed by atoms with van der Waals surface area (Å²) in [4.78, 5) is 28.1. The SMILES string of the molecule is CC/C=C\CC(O)C/C=C1/C(=O)C=CC1c1nc(CCCCC(=O)OC)cs1. The lowest BCUT2D eigenvalue weighted by atomic mass is 10.00. The number of hydrogen-bond acceptors (Lipinski definition) is 6. The minimum absolute atomic E-state index is 0.00358. The summed E-state index contributed by atoms with van der Waals surface area (Å²) >= 11 is 1.55. The van der Waals surface area contributed by atoms with Crippen LogP contribution in [0.3, 0.4) is 0 Å². The summed E-state index contributed by atoms with van der Waals surface area (Å²) in [6.45, 7) is 2.06. The number of esters is 1. The van der Waals surface area contributed by atoms with E-state index in [0.717, 1.165) is 36.4 Å². The maximum Gasteiger partial charge on any atom is 0.305 e. The first-order valence-corrected chi connectivity index (χ1v) is 10.7. The predicted molar refractivity (Wildman–Crippen MR) is 111 cm³/mol. The van der Waals surface area contributed by atoms with Gasteiger partial charge in [0, 0.05) is 17.4 Å². The van der Waals surface area contributed by atoms with E-state index >= 15 is 0 Å². The topological polar surface area (TPSA) is 76.5 Å². The number of ketones is 1. The van der Waals surface area contributed by atoms with Gasteiger partial charge >= 0.3 is 5.97 Å². The van der Waals surface area contributed by atoms with Crippen molar-refractivity contribution in [2.24, 2.45) is 0 Å². The van der Waals surface area contributed by atoms with E-state index in [1.807, 2.05) is 29.7 Å². The number of carbonyl (C=O) groups is 2. The predicted octanol–water partition coefficient (Wildman–Crippen LogP) is 4.29. The zero-order valence-corrected chi connectivity index (χ0v) is 17.4. The molecule has 0 saturated carbocycles. The van der Waals surface area contributed by atoms with E-state index in [1.165, 1.54) is 7.11 Å². The fourth-order valence-electron chi connectivity index (χ4n) is 3.02. The number of thiazole rings is 1. The zero-order valence-electron chi connectivity index (χ0n) is 16.6. The number of rotatable bonds is 11. The molecule has 0 saturated heterocycles. The van der Waals surface area contributed by atoms with Gasteiger partial charge in [-0.2, -0.15) is 0 Å². The quantitative estimate of drug-likeness (QED) is 0.258. The molecule has 0 aromatic carbocycles. The summed E-state index contributed by atoms with van der Waals surface area (Å²) in [7, 11) is 1.40. The Bertz CT molecular complexity index is 747. The Kier molecular flexibility index (Phi) is 9.31. The fourth-order valence-corrected chi connectivity index (χ4v) is 3.97. The summed E-state index contributed by atoms with van der Waals surface area (Å²) in [6.07, 6.45) is 13.7. The highest BCUT2D eigenvalue weighted by Gasteiger charge is 2.27. The zero-order chi connectivity index (χ0) is 20.4. The molecule has 2 unspecified atom stereocenters. The lowest BCUT2D eigenvalue weighted by Crippen LogP contribution is -2.07. The molecular formula is C22H29NO4S. The number of nitrogens with zero attached hydrogens (tertiary/aromatic N) is 1. The van der Waals surface area contributed by atoms with Gasteiger partial charge in [-0.1, -0.05) is 31.2 Å². The summed E-state index contributed by atoms with van der Waals surface area (Å²) in [5.74, 6) is -0.313. The van der Waals surface area contributed by atoms with Crippen molar-refractivity contribution in [2.45, 2.75) is 63.9 Å². The van der Waals surface area contributed by atoms with Crippen LogP contribution in [0, 0.1) is 0 Å². The standard InChI is InChI=1S/C22H29NO4S/c1-3-4-5-9-17(24)11-12-18-19(13-14-20(18)25)22-23-16(15-28-22)8-6-7-10-21(26)27-2/h4-5,12-15,17,19,24H,3,6-11H2,1-2H3/b5-4-,18-12+. The molecule has 5 nitrogen and oxygen atoms in total. The number of ether oxygens (including phenoxy) is 1. The minimum Gasteiger partial charge on any atom is -0.469 e. The molecule has 28 heavy (non-hydrogen) atoms. The van der Waals surface area contributed by atoms with E-state index in [0.29, 0.717) is 24.8 Å². The Morgan fingerprint density at radius 2 is 2.18 bits per heavy atom. The van der Waals surface area contributed by atoms with E-state index in [4.69, 9.17) is 0 Å². The van der Waals surface area contributed by atoms with Crippen molar-refractivity contribution in [1.82, 2.24) is 4.98 Å². The summed E-state index contributed by atoms with van der Waals surface area (Å²) in [6, 6.07) is 0. The van der Waals surface area contributed by atoms with Crippen LogP contribution in [0.15, 0.2) is 41.3 Å². The molecule has 0 bridgehead atoms. The number of aryl methyl sites for hydroxylation is 1. The molecule has 1 aromatic heterocycles. The van der Waals surface area contributed by atoms with Gasteiger partial charge in [0.1, 0.15) is 5.01 Å². The third-order valence-electron chi connectivity index (χ3n) is 4.61. The first kappa shape index (κ1) is 22.2. The average molecular weight is 404 g/mol. The van der Waals surface area contributed by atoms with Crippen molar-refractivity contribution in [3.8, 4) is 0 Å². The van der Waals surface area contributed by atoms with Crippen LogP contribution in [0.2, 0.25) is 0 Å². The van der Waals surface area contributed by atoms with E-state index in [1.54, 1.807) is 17.4 Å². The van der Waals surface area contributed by atoms with E-state index < -0.39 is 6.10 Å². The largest absolute Gasteiger partial charge is 0.469 e. The first-order valence-electron chi connectivity index (χ1n) is 9.81. The number of aliphatic hydroxyl groups excluding tert-OH is 1. The second-order valence-electron chi connectivity index (χ2n) is 6.83. The van der Waals surface area contributed by atoms with Crippen LogP contribution in [0.4, 0.5) is 0 Å². The Labute approximate surface area is 170 Å². The highest BCUT2D eigenvalue weighted by Crippen LogP contribution is 2.34. The Morgan fingerprint density at radius 3 is 2.93 bits per heavy atom. The second-order valence-corrected chi connectivity index (χ2v) is 7.72. The minimum atomic E-state index is -0.481.